The number of rotatable bonds is 7. The van der Waals surface area contributed by atoms with Gasteiger partial charge in [0, 0.05) is 47.9 Å². The maximum Gasteiger partial charge on any atom is 0.335 e. The second kappa shape index (κ2) is 8.99. The Hall–Kier alpha value is -2.83. The number of carbonyl (C=O) groups is 1. The minimum absolute atomic E-state index is 0.169. The number of aromatic nitrogens is 1. The zero-order valence-electron chi connectivity index (χ0n) is 20.5. The third-order valence-corrected chi connectivity index (χ3v) is 8.28. The van der Waals surface area contributed by atoms with Gasteiger partial charge in [-0.3, -0.25) is 4.90 Å². The number of aromatic amines is 1. The molecule has 1 saturated heterocycles. The van der Waals surface area contributed by atoms with E-state index < -0.39 is 5.97 Å². The molecule has 2 heterocycles. The van der Waals surface area contributed by atoms with Crippen molar-refractivity contribution in [3.8, 4) is 5.75 Å². The Balaban J connectivity index is 1.38. The van der Waals surface area contributed by atoms with Crippen molar-refractivity contribution >= 4 is 16.9 Å². The van der Waals surface area contributed by atoms with Gasteiger partial charge in [-0.1, -0.05) is 12.1 Å². The van der Waals surface area contributed by atoms with Crippen molar-refractivity contribution in [2.75, 3.05) is 20.3 Å². The predicted molar refractivity (Wildman–Crippen MR) is 135 cm³/mol. The van der Waals surface area contributed by atoms with Gasteiger partial charge in [-0.05, 0) is 86.3 Å². The maximum absolute atomic E-state index is 11.5. The van der Waals surface area contributed by atoms with E-state index in [-0.39, 0.29) is 18.2 Å². The first-order valence-corrected chi connectivity index (χ1v) is 12.9. The molecule has 2 aliphatic carbocycles. The first kappa shape index (κ1) is 22.6. The molecule has 1 aromatic heterocycles. The lowest BCUT2D eigenvalue weighted by molar-refractivity contribution is -0.0351. The Kier molecular flexibility index (Phi) is 5.81. The Labute approximate surface area is 206 Å². The third-order valence-electron chi connectivity index (χ3n) is 8.28. The lowest BCUT2D eigenvalue weighted by Crippen LogP contribution is -2.43. The van der Waals surface area contributed by atoms with Crippen molar-refractivity contribution in [2.24, 2.45) is 5.92 Å². The highest BCUT2D eigenvalue weighted by Gasteiger charge is 2.39. The van der Waals surface area contributed by atoms with Crippen LogP contribution in [-0.4, -0.2) is 47.3 Å². The Morgan fingerprint density at radius 2 is 1.94 bits per heavy atom. The van der Waals surface area contributed by atoms with Gasteiger partial charge in [-0.15, -0.1) is 0 Å². The minimum atomic E-state index is -0.887. The average molecular weight is 475 g/mol. The van der Waals surface area contributed by atoms with Crippen molar-refractivity contribution in [3.05, 3.63) is 64.3 Å². The number of carboxylic acid groups (broad SMARTS) is 1. The summed E-state index contributed by atoms with van der Waals surface area (Å²) in [5.41, 5.74) is 6.58. The molecular formula is C29H34N2O4. The molecule has 3 aromatic rings. The number of benzene rings is 2. The molecule has 2 aromatic carbocycles. The maximum atomic E-state index is 11.5. The molecule has 2 fully saturated rings. The van der Waals surface area contributed by atoms with E-state index in [0.29, 0.717) is 5.56 Å². The number of aromatic carboxylic acids is 1. The summed E-state index contributed by atoms with van der Waals surface area (Å²) >= 11 is 0. The largest absolute Gasteiger partial charge is 0.496 e. The fourth-order valence-electron chi connectivity index (χ4n) is 6.23. The van der Waals surface area contributed by atoms with Crippen molar-refractivity contribution in [2.45, 2.75) is 63.6 Å². The summed E-state index contributed by atoms with van der Waals surface area (Å²) in [6, 6.07) is 10.0. The van der Waals surface area contributed by atoms with Crippen LogP contribution >= 0.6 is 0 Å². The van der Waals surface area contributed by atoms with E-state index in [1.165, 1.54) is 40.4 Å². The minimum Gasteiger partial charge on any atom is -0.496 e. The molecule has 3 aliphatic rings. The fourth-order valence-corrected chi connectivity index (χ4v) is 6.23. The van der Waals surface area contributed by atoms with Crippen LogP contribution in [0.1, 0.15) is 76.8 Å². The van der Waals surface area contributed by atoms with Crippen LogP contribution in [0.2, 0.25) is 0 Å². The second-order valence-corrected chi connectivity index (χ2v) is 10.5. The summed E-state index contributed by atoms with van der Waals surface area (Å²) in [5, 5.41) is 10.7. The number of nitrogens with one attached hydrogen (secondary N) is 1. The molecule has 0 radical (unpaired) electrons. The van der Waals surface area contributed by atoms with Crippen LogP contribution in [0.4, 0.5) is 0 Å². The molecule has 1 aliphatic heterocycles. The van der Waals surface area contributed by atoms with Crippen LogP contribution in [0.5, 0.6) is 5.75 Å². The number of nitrogens with zero attached hydrogens (tertiary/aromatic N) is 1. The molecule has 35 heavy (non-hydrogen) atoms. The number of aryl methyl sites for hydroxylation is 2. The van der Waals surface area contributed by atoms with E-state index in [9.17, 15) is 9.90 Å². The molecule has 184 valence electrons. The van der Waals surface area contributed by atoms with E-state index in [1.54, 1.807) is 19.2 Å². The van der Waals surface area contributed by atoms with E-state index in [0.717, 1.165) is 56.1 Å². The van der Waals surface area contributed by atoms with E-state index >= 15 is 0 Å². The quantitative estimate of drug-likeness (QED) is 0.452. The second-order valence-electron chi connectivity index (χ2n) is 10.5. The van der Waals surface area contributed by atoms with Gasteiger partial charge in [0.25, 0.3) is 0 Å². The Bertz CT molecular complexity index is 1240. The van der Waals surface area contributed by atoms with Gasteiger partial charge in [0.15, 0.2) is 0 Å². The molecule has 1 saturated carbocycles. The molecule has 0 spiro atoms. The number of hydrogen-bond acceptors (Lipinski definition) is 4. The van der Waals surface area contributed by atoms with Crippen LogP contribution in [0.15, 0.2) is 36.5 Å². The van der Waals surface area contributed by atoms with Crippen LogP contribution in [0.3, 0.4) is 0 Å². The molecule has 6 rings (SSSR count). The number of hydrogen-bond donors (Lipinski definition) is 2. The lowest BCUT2D eigenvalue weighted by Gasteiger charge is -2.45. The third kappa shape index (κ3) is 4.13. The highest BCUT2D eigenvalue weighted by molar-refractivity contribution is 5.92. The summed E-state index contributed by atoms with van der Waals surface area (Å²) < 4.78 is 12.3. The van der Waals surface area contributed by atoms with Crippen LogP contribution in [0.25, 0.3) is 10.9 Å². The normalized spacial score (nSPS) is 24.6. The van der Waals surface area contributed by atoms with Gasteiger partial charge >= 0.3 is 5.97 Å². The molecule has 1 unspecified atom stereocenters. The number of methoxy groups -OCH3 is 1. The highest BCUT2D eigenvalue weighted by atomic mass is 16.5. The van der Waals surface area contributed by atoms with Crippen LogP contribution in [-0.2, 0) is 11.2 Å². The summed E-state index contributed by atoms with van der Waals surface area (Å²) in [5.74, 6) is 0.825. The molecule has 3 atom stereocenters. The first-order chi connectivity index (χ1) is 17.0. The zero-order chi connectivity index (χ0) is 24.1. The summed E-state index contributed by atoms with van der Waals surface area (Å²) in [6.45, 7) is 3.96. The predicted octanol–water partition coefficient (Wildman–Crippen LogP) is 5.80. The average Bonchev–Trinajstić information content (AvgIpc) is 3.61. The SMILES string of the molecule is COc1cc(C)c2[nH]cc3c2c1C(N1CC[C@H](OCC2CC2)C[C@H]1c1ccc(C(=O)O)cc1)CC3. The van der Waals surface area contributed by atoms with E-state index in [1.807, 2.05) is 12.1 Å². The number of piperidine rings is 1. The monoisotopic (exact) mass is 474 g/mol. The van der Waals surface area contributed by atoms with Crippen molar-refractivity contribution in [1.82, 2.24) is 9.88 Å². The topological polar surface area (TPSA) is 74.8 Å². The smallest absolute Gasteiger partial charge is 0.335 e. The first-order valence-electron chi connectivity index (χ1n) is 12.9. The highest BCUT2D eigenvalue weighted by Crippen LogP contribution is 2.49. The van der Waals surface area contributed by atoms with Gasteiger partial charge in [-0.25, -0.2) is 4.79 Å². The number of H-pyrrole nitrogens is 1. The number of ether oxygens (including phenoxy) is 2. The van der Waals surface area contributed by atoms with Gasteiger partial charge in [-0.2, -0.15) is 0 Å². The summed E-state index contributed by atoms with van der Waals surface area (Å²) in [7, 11) is 1.77. The van der Waals surface area contributed by atoms with Gasteiger partial charge in [0.1, 0.15) is 5.75 Å². The number of likely N-dealkylation sites (tertiary alicyclic amines) is 1. The van der Waals surface area contributed by atoms with E-state index in [2.05, 4.69) is 29.1 Å². The molecule has 6 heteroatoms. The Morgan fingerprint density at radius 1 is 1.14 bits per heavy atom. The fraction of sp³-hybridized carbons (Fsp3) is 0.483. The van der Waals surface area contributed by atoms with E-state index in [4.69, 9.17) is 9.47 Å². The molecule has 2 N–H and O–H groups in total. The molecule has 6 nitrogen and oxygen atoms in total. The van der Waals surface area contributed by atoms with Gasteiger partial charge in [0.05, 0.1) is 18.8 Å². The van der Waals surface area contributed by atoms with Crippen LogP contribution in [0, 0.1) is 12.8 Å². The van der Waals surface area contributed by atoms with Gasteiger partial charge < -0.3 is 19.6 Å². The lowest BCUT2D eigenvalue weighted by atomic mass is 9.82. The molecular weight excluding hydrogens is 440 g/mol. The summed E-state index contributed by atoms with van der Waals surface area (Å²) in [6.07, 6.45) is 9.01. The van der Waals surface area contributed by atoms with Gasteiger partial charge in [0.2, 0.25) is 0 Å². The number of carboxylic acids is 1. The molecule has 0 bridgehead atoms. The van der Waals surface area contributed by atoms with Crippen molar-refractivity contribution in [3.63, 3.8) is 0 Å². The van der Waals surface area contributed by atoms with Crippen molar-refractivity contribution in [1.29, 1.82) is 0 Å². The Morgan fingerprint density at radius 3 is 2.66 bits per heavy atom. The summed E-state index contributed by atoms with van der Waals surface area (Å²) in [4.78, 5) is 17.6. The standard InChI is InChI=1S/C29H34N2O4/c1-17-13-25(34-2)27-23(10-9-21-15-30-28(17)26(21)27)31-12-11-22(35-16-18-3-4-18)14-24(31)19-5-7-20(8-6-19)29(32)33/h5-8,13,15,18,22-24,30H,3-4,9-12,14,16H2,1-2H3,(H,32,33)/t22-,23?,24-/m0/s1. The zero-order valence-corrected chi connectivity index (χ0v) is 20.5. The molecule has 0 amide bonds. The van der Waals surface area contributed by atoms with Crippen LogP contribution < -0.4 is 4.74 Å². The van der Waals surface area contributed by atoms with Crippen molar-refractivity contribution < 1.29 is 19.4 Å².